The maximum Gasteiger partial charge on any atom is 0.167 e. The van der Waals surface area contributed by atoms with Crippen LogP contribution in [0.2, 0.25) is 0 Å². The lowest BCUT2D eigenvalue weighted by molar-refractivity contribution is 0.339. The number of para-hydroxylation sites is 1. The highest BCUT2D eigenvalue weighted by Gasteiger charge is 2.20. The monoisotopic (exact) mass is 240 g/mol. The van der Waals surface area contributed by atoms with Gasteiger partial charge in [-0.1, -0.05) is 60.3 Å². The van der Waals surface area contributed by atoms with Gasteiger partial charge in [-0.05, 0) is 23.8 Å². The molecule has 1 aliphatic rings. The Bertz CT molecular complexity index is 509. The first-order valence-corrected chi connectivity index (χ1v) is 6.45. The van der Waals surface area contributed by atoms with Crippen LogP contribution in [0.5, 0.6) is 5.75 Å². The molecule has 2 aromatic carbocycles. The number of thioether (sulfide) groups is 1. The van der Waals surface area contributed by atoms with E-state index in [4.69, 9.17) is 4.74 Å². The Morgan fingerprint density at radius 1 is 0.941 bits per heavy atom. The molecular weight excluding hydrogens is 228 g/mol. The molecule has 1 nitrogen and oxygen atoms in total. The van der Waals surface area contributed by atoms with Gasteiger partial charge in [0.2, 0.25) is 0 Å². The Morgan fingerprint density at radius 2 is 1.71 bits per heavy atom. The van der Waals surface area contributed by atoms with E-state index < -0.39 is 0 Å². The summed E-state index contributed by atoms with van der Waals surface area (Å²) in [5.41, 5.74) is 1.29. The quantitative estimate of drug-likeness (QED) is 0.777. The van der Waals surface area contributed by atoms with Crippen LogP contribution in [0.3, 0.4) is 0 Å². The molecule has 3 rings (SSSR count). The van der Waals surface area contributed by atoms with Crippen molar-refractivity contribution in [3.8, 4) is 5.75 Å². The predicted molar refractivity (Wildman–Crippen MR) is 72.2 cm³/mol. The number of hydrogen-bond acceptors (Lipinski definition) is 2. The minimum atomic E-state index is 0.0904. The van der Waals surface area contributed by atoms with Crippen LogP contribution in [0.15, 0.2) is 65.6 Å². The zero-order valence-electron chi connectivity index (χ0n) is 9.24. The van der Waals surface area contributed by atoms with E-state index in [0.717, 1.165) is 5.75 Å². The zero-order chi connectivity index (χ0) is 11.5. The van der Waals surface area contributed by atoms with Gasteiger partial charge in [-0.2, -0.15) is 0 Å². The van der Waals surface area contributed by atoms with Crippen molar-refractivity contribution in [2.24, 2.45) is 0 Å². The summed E-state index contributed by atoms with van der Waals surface area (Å²) in [6.45, 7) is 0. The average Bonchev–Trinajstić information content (AvgIpc) is 2.80. The molecule has 1 atom stereocenters. The summed E-state index contributed by atoms with van der Waals surface area (Å²) in [6, 6.07) is 18.4. The highest BCUT2D eigenvalue weighted by Crippen LogP contribution is 2.40. The highest BCUT2D eigenvalue weighted by atomic mass is 32.2. The summed E-state index contributed by atoms with van der Waals surface area (Å²) in [7, 11) is 0. The lowest BCUT2D eigenvalue weighted by Crippen LogP contribution is -2.01. The summed E-state index contributed by atoms with van der Waals surface area (Å²) in [5.74, 6) is 0.986. The number of hydrogen-bond donors (Lipinski definition) is 0. The normalized spacial score (nSPS) is 18.0. The van der Waals surface area contributed by atoms with Crippen molar-refractivity contribution in [3.05, 3.63) is 66.2 Å². The maximum absolute atomic E-state index is 5.80. The van der Waals surface area contributed by atoms with Crippen molar-refractivity contribution in [1.29, 1.82) is 0 Å². The van der Waals surface area contributed by atoms with Crippen LogP contribution in [0, 0.1) is 0 Å². The molecule has 0 bridgehead atoms. The van der Waals surface area contributed by atoms with E-state index in [-0.39, 0.29) is 5.44 Å². The molecule has 0 amide bonds. The van der Waals surface area contributed by atoms with Gasteiger partial charge in [0.25, 0.3) is 0 Å². The second-order valence-corrected chi connectivity index (χ2v) is 4.96. The van der Waals surface area contributed by atoms with Crippen molar-refractivity contribution in [3.63, 3.8) is 0 Å². The molecule has 0 radical (unpaired) electrons. The van der Waals surface area contributed by atoms with Crippen molar-refractivity contribution in [2.45, 2.75) is 10.3 Å². The summed E-state index contributed by atoms with van der Waals surface area (Å²) < 4.78 is 5.80. The van der Waals surface area contributed by atoms with Crippen LogP contribution < -0.4 is 4.74 Å². The van der Waals surface area contributed by atoms with E-state index in [2.05, 4.69) is 30.4 Å². The van der Waals surface area contributed by atoms with E-state index in [1.807, 2.05) is 36.4 Å². The third kappa shape index (κ3) is 2.37. The number of rotatable bonds is 2. The summed E-state index contributed by atoms with van der Waals surface area (Å²) in [4.78, 5) is 1.22. The Kier molecular flexibility index (Phi) is 2.88. The smallest absolute Gasteiger partial charge is 0.167 e. The second-order valence-electron chi connectivity index (χ2n) is 3.82. The van der Waals surface area contributed by atoms with Gasteiger partial charge in [0.15, 0.2) is 5.44 Å². The van der Waals surface area contributed by atoms with E-state index in [0.29, 0.717) is 0 Å². The molecule has 1 heterocycles. The van der Waals surface area contributed by atoms with Crippen LogP contribution >= 0.6 is 11.8 Å². The van der Waals surface area contributed by atoms with Crippen molar-refractivity contribution in [1.82, 2.24) is 0 Å². The Balaban J connectivity index is 1.72. The van der Waals surface area contributed by atoms with Crippen LogP contribution in [-0.2, 0) is 0 Å². The van der Waals surface area contributed by atoms with Crippen LogP contribution in [0.4, 0.5) is 0 Å². The summed E-state index contributed by atoms with van der Waals surface area (Å²) in [6.07, 6.45) is 4.20. The fourth-order valence-corrected chi connectivity index (χ4v) is 2.70. The summed E-state index contributed by atoms with van der Waals surface area (Å²) >= 11 is 1.75. The first-order valence-electron chi connectivity index (χ1n) is 5.57. The van der Waals surface area contributed by atoms with Gasteiger partial charge in [0.05, 0.1) is 4.90 Å². The van der Waals surface area contributed by atoms with Gasteiger partial charge >= 0.3 is 0 Å². The van der Waals surface area contributed by atoms with E-state index in [9.17, 15) is 0 Å². The van der Waals surface area contributed by atoms with Gasteiger partial charge in [0.1, 0.15) is 5.75 Å². The molecule has 0 saturated carbocycles. The molecule has 84 valence electrons. The second kappa shape index (κ2) is 4.68. The first-order chi connectivity index (χ1) is 8.42. The minimum Gasteiger partial charge on any atom is -0.474 e. The summed E-state index contributed by atoms with van der Waals surface area (Å²) in [5, 5.41) is 0. The first kappa shape index (κ1) is 10.5. The molecule has 0 N–H and O–H groups in total. The molecule has 0 aromatic heterocycles. The van der Waals surface area contributed by atoms with Gasteiger partial charge in [-0.15, -0.1) is 0 Å². The molecular formula is C15H12OS. The van der Waals surface area contributed by atoms with E-state index >= 15 is 0 Å². The van der Waals surface area contributed by atoms with E-state index in [1.54, 1.807) is 11.8 Å². The largest absolute Gasteiger partial charge is 0.474 e. The van der Waals surface area contributed by atoms with Crippen LogP contribution in [0.1, 0.15) is 5.56 Å². The van der Waals surface area contributed by atoms with Crippen LogP contribution in [-0.4, -0.2) is 5.44 Å². The molecule has 1 unspecified atom stereocenters. The molecule has 1 aliphatic heterocycles. The highest BCUT2D eigenvalue weighted by molar-refractivity contribution is 8.00. The molecule has 0 aliphatic carbocycles. The number of ether oxygens (including phenoxy) is 1. The van der Waals surface area contributed by atoms with Crippen molar-refractivity contribution < 1.29 is 4.74 Å². The maximum atomic E-state index is 5.80. The molecule has 0 spiro atoms. The third-order valence-electron chi connectivity index (χ3n) is 2.58. The van der Waals surface area contributed by atoms with Crippen molar-refractivity contribution >= 4 is 17.8 Å². The zero-order valence-corrected chi connectivity index (χ0v) is 10.1. The number of fused-ring (bicyclic) bond motifs is 1. The Labute approximate surface area is 105 Å². The SMILES string of the molecule is C(=C\C1Oc2ccccc2S1)/c1ccccc1. The Hall–Kier alpha value is -1.67. The lowest BCUT2D eigenvalue weighted by atomic mass is 10.2. The number of benzene rings is 2. The fraction of sp³-hybridized carbons (Fsp3) is 0.0667. The van der Waals surface area contributed by atoms with Crippen LogP contribution in [0.25, 0.3) is 6.08 Å². The van der Waals surface area contributed by atoms with Gasteiger partial charge in [-0.25, -0.2) is 0 Å². The molecule has 17 heavy (non-hydrogen) atoms. The van der Waals surface area contributed by atoms with Gasteiger partial charge in [0, 0.05) is 0 Å². The van der Waals surface area contributed by atoms with Gasteiger partial charge in [-0.3, -0.25) is 0 Å². The average molecular weight is 240 g/mol. The van der Waals surface area contributed by atoms with E-state index in [1.165, 1.54) is 10.5 Å². The fourth-order valence-electron chi connectivity index (χ4n) is 1.75. The topological polar surface area (TPSA) is 9.23 Å². The predicted octanol–water partition coefficient (Wildman–Crippen LogP) is 4.21. The molecule has 0 fully saturated rings. The molecule has 2 aromatic rings. The third-order valence-corrected chi connectivity index (χ3v) is 3.66. The lowest BCUT2D eigenvalue weighted by Gasteiger charge is -2.03. The standard InChI is InChI=1S/C15H12OS/c1-2-6-12(7-3-1)10-11-15-16-13-8-4-5-9-14(13)17-15/h1-11,15H/b11-10+. The van der Waals surface area contributed by atoms with Gasteiger partial charge < -0.3 is 4.74 Å². The minimum absolute atomic E-state index is 0.0904. The molecule has 0 saturated heterocycles. The molecule has 2 heteroatoms. The Morgan fingerprint density at radius 3 is 2.53 bits per heavy atom. The van der Waals surface area contributed by atoms with Crippen molar-refractivity contribution in [2.75, 3.05) is 0 Å².